The second-order valence-corrected chi connectivity index (χ2v) is 8.20. The molecule has 1 aliphatic carbocycles. The van der Waals surface area contributed by atoms with E-state index in [-0.39, 0.29) is 11.8 Å². The normalized spacial score (nSPS) is 14.6. The molecule has 1 amide bonds. The largest absolute Gasteiger partial charge is 0.494 e. The number of methoxy groups -OCH3 is 1. The molecule has 1 saturated carbocycles. The molecule has 0 unspecified atom stereocenters. The predicted molar refractivity (Wildman–Crippen MR) is 111 cm³/mol. The number of carbonyl (C=O) groups is 1. The van der Waals surface area contributed by atoms with Crippen molar-refractivity contribution in [1.29, 1.82) is 0 Å². The van der Waals surface area contributed by atoms with Crippen molar-refractivity contribution in [2.24, 2.45) is 5.92 Å². The monoisotopic (exact) mass is 400 g/mol. The van der Waals surface area contributed by atoms with Gasteiger partial charge in [-0.05, 0) is 30.5 Å². The number of thiazole rings is 1. The summed E-state index contributed by atoms with van der Waals surface area (Å²) in [5.41, 5.74) is 1.79. The number of carbonyl (C=O) groups excluding carboxylic acids is 1. The van der Waals surface area contributed by atoms with Crippen LogP contribution in [0.1, 0.15) is 31.2 Å². The smallest absolute Gasteiger partial charge is 0.232 e. The highest BCUT2D eigenvalue weighted by atomic mass is 35.5. The SMILES string of the molecule is COc1ccc(Cl)c2sc(N(Cc3ccccc3)C(=O)C3CCCC3)nc12. The van der Waals surface area contributed by atoms with Crippen LogP contribution >= 0.6 is 22.9 Å². The van der Waals surface area contributed by atoms with E-state index in [1.807, 2.05) is 47.4 Å². The molecular weight excluding hydrogens is 380 g/mol. The molecule has 1 aromatic heterocycles. The molecule has 6 heteroatoms. The maximum atomic E-state index is 13.3. The maximum absolute atomic E-state index is 13.3. The van der Waals surface area contributed by atoms with Crippen molar-refractivity contribution in [3.05, 3.63) is 53.1 Å². The van der Waals surface area contributed by atoms with Crippen molar-refractivity contribution < 1.29 is 9.53 Å². The average molecular weight is 401 g/mol. The Morgan fingerprint density at radius 3 is 2.67 bits per heavy atom. The van der Waals surface area contributed by atoms with E-state index in [1.54, 1.807) is 7.11 Å². The first-order valence-electron chi connectivity index (χ1n) is 9.15. The van der Waals surface area contributed by atoms with Crippen LogP contribution in [0, 0.1) is 5.92 Å². The summed E-state index contributed by atoms with van der Waals surface area (Å²) in [7, 11) is 1.62. The standard InChI is InChI=1S/C21H21ClN2O2S/c1-26-17-12-11-16(22)19-18(17)23-21(27-19)24(13-14-7-3-2-4-8-14)20(25)15-9-5-6-10-15/h2-4,7-8,11-12,15H,5-6,9-10,13H2,1H3. The summed E-state index contributed by atoms with van der Waals surface area (Å²) in [6, 6.07) is 13.7. The second kappa shape index (κ2) is 7.87. The van der Waals surface area contributed by atoms with Crippen LogP contribution in [0.4, 0.5) is 5.13 Å². The van der Waals surface area contributed by atoms with Crippen molar-refractivity contribution >= 4 is 44.2 Å². The Kier molecular flexibility index (Phi) is 5.32. The molecule has 0 radical (unpaired) electrons. The van der Waals surface area contributed by atoms with Gasteiger partial charge in [0.05, 0.1) is 23.4 Å². The van der Waals surface area contributed by atoms with Gasteiger partial charge in [-0.2, -0.15) is 0 Å². The number of fused-ring (bicyclic) bond motifs is 1. The van der Waals surface area contributed by atoms with Gasteiger partial charge >= 0.3 is 0 Å². The van der Waals surface area contributed by atoms with Gasteiger partial charge < -0.3 is 4.74 Å². The molecule has 4 nitrogen and oxygen atoms in total. The number of rotatable bonds is 5. The summed E-state index contributed by atoms with van der Waals surface area (Å²) in [6.45, 7) is 0.510. The number of benzene rings is 2. The first-order chi connectivity index (χ1) is 13.2. The molecule has 0 atom stereocenters. The number of halogens is 1. The van der Waals surface area contributed by atoms with E-state index < -0.39 is 0 Å². The molecule has 4 rings (SSSR count). The number of amides is 1. The number of ether oxygens (including phenoxy) is 1. The summed E-state index contributed by atoms with van der Waals surface area (Å²) in [5.74, 6) is 0.911. The molecule has 3 aromatic rings. The Morgan fingerprint density at radius 1 is 1.22 bits per heavy atom. The summed E-state index contributed by atoms with van der Waals surface area (Å²) in [4.78, 5) is 19.9. The highest BCUT2D eigenvalue weighted by molar-refractivity contribution is 7.23. The molecule has 0 bridgehead atoms. The van der Waals surface area contributed by atoms with Crippen molar-refractivity contribution in [3.63, 3.8) is 0 Å². The highest BCUT2D eigenvalue weighted by Gasteiger charge is 2.30. The topological polar surface area (TPSA) is 42.4 Å². The number of hydrogen-bond donors (Lipinski definition) is 0. The molecule has 0 aliphatic heterocycles. The average Bonchev–Trinajstić information content (AvgIpc) is 3.37. The fourth-order valence-electron chi connectivity index (χ4n) is 3.62. The Balaban J connectivity index is 1.76. The Bertz CT molecular complexity index is 951. The minimum atomic E-state index is 0.0816. The molecule has 2 aromatic carbocycles. The lowest BCUT2D eigenvalue weighted by molar-refractivity contribution is -0.122. The summed E-state index contributed by atoms with van der Waals surface area (Å²) in [5, 5.41) is 1.31. The van der Waals surface area contributed by atoms with Crippen LogP contribution in [0.3, 0.4) is 0 Å². The van der Waals surface area contributed by atoms with Crippen LogP contribution in [-0.4, -0.2) is 18.0 Å². The molecule has 0 N–H and O–H groups in total. The van der Waals surface area contributed by atoms with Gasteiger partial charge in [0.15, 0.2) is 5.13 Å². The van der Waals surface area contributed by atoms with Crippen molar-refractivity contribution in [1.82, 2.24) is 4.98 Å². The molecular formula is C21H21ClN2O2S. The number of hydrogen-bond acceptors (Lipinski definition) is 4. The van der Waals surface area contributed by atoms with E-state index in [4.69, 9.17) is 21.3 Å². The van der Waals surface area contributed by atoms with Gasteiger partial charge in [-0.3, -0.25) is 9.69 Å². The van der Waals surface area contributed by atoms with E-state index in [1.165, 1.54) is 11.3 Å². The zero-order valence-electron chi connectivity index (χ0n) is 15.2. The molecule has 1 aliphatic rings. The molecule has 0 saturated heterocycles. The van der Waals surface area contributed by atoms with Crippen LogP contribution < -0.4 is 9.64 Å². The summed E-state index contributed by atoms with van der Waals surface area (Å²) in [6.07, 6.45) is 4.16. The second-order valence-electron chi connectivity index (χ2n) is 6.82. The van der Waals surface area contributed by atoms with Crippen LogP contribution in [0.25, 0.3) is 10.2 Å². The lowest BCUT2D eigenvalue weighted by atomic mass is 10.1. The summed E-state index contributed by atoms with van der Waals surface area (Å²) >= 11 is 7.83. The van der Waals surface area contributed by atoms with E-state index in [2.05, 4.69) is 0 Å². The minimum absolute atomic E-state index is 0.0816. The van der Waals surface area contributed by atoms with Crippen LogP contribution in [-0.2, 0) is 11.3 Å². The predicted octanol–water partition coefficient (Wildman–Crippen LogP) is 5.68. The van der Waals surface area contributed by atoms with Gasteiger partial charge in [0, 0.05) is 5.92 Å². The zero-order chi connectivity index (χ0) is 18.8. The maximum Gasteiger partial charge on any atom is 0.232 e. The summed E-state index contributed by atoms with van der Waals surface area (Å²) < 4.78 is 6.29. The van der Waals surface area contributed by atoms with E-state index >= 15 is 0 Å². The first kappa shape index (κ1) is 18.3. The van der Waals surface area contributed by atoms with E-state index in [0.717, 1.165) is 35.9 Å². The van der Waals surface area contributed by atoms with Crippen molar-refractivity contribution in [2.75, 3.05) is 12.0 Å². The number of aromatic nitrogens is 1. The van der Waals surface area contributed by atoms with Gasteiger partial charge in [-0.25, -0.2) is 4.98 Å². The first-order valence-corrected chi connectivity index (χ1v) is 10.3. The third-order valence-corrected chi connectivity index (χ3v) is 6.59. The third kappa shape index (κ3) is 3.66. The van der Waals surface area contributed by atoms with Crippen LogP contribution in [0.5, 0.6) is 5.75 Å². The van der Waals surface area contributed by atoms with Gasteiger partial charge in [-0.1, -0.05) is 66.1 Å². The van der Waals surface area contributed by atoms with E-state index in [9.17, 15) is 4.79 Å². The minimum Gasteiger partial charge on any atom is -0.494 e. The molecule has 1 heterocycles. The number of nitrogens with zero attached hydrogens (tertiary/aromatic N) is 2. The Morgan fingerprint density at radius 2 is 1.96 bits per heavy atom. The fourth-order valence-corrected chi connectivity index (χ4v) is 4.88. The molecule has 0 spiro atoms. The quantitative estimate of drug-likeness (QED) is 0.553. The molecule has 140 valence electrons. The lowest BCUT2D eigenvalue weighted by Gasteiger charge is -2.23. The highest BCUT2D eigenvalue weighted by Crippen LogP contribution is 2.40. The zero-order valence-corrected chi connectivity index (χ0v) is 16.7. The fraction of sp³-hybridized carbons (Fsp3) is 0.333. The van der Waals surface area contributed by atoms with Crippen LogP contribution in [0.2, 0.25) is 5.02 Å². The van der Waals surface area contributed by atoms with Crippen LogP contribution in [0.15, 0.2) is 42.5 Å². The lowest BCUT2D eigenvalue weighted by Crippen LogP contribution is -2.34. The Labute approximate surface area is 167 Å². The van der Waals surface area contributed by atoms with Crippen molar-refractivity contribution in [3.8, 4) is 5.75 Å². The van der Waals surface area contributed by atoms with Gasteiger partial charge in [-0.15, -0.1) is 0 Å². The number of anilines is 1. The van der Waals surface area contributed by atoms with Gasteiger partial charge in [0.25, 0.3) is 0 Å². The van der Waals surface area contributed by atoms with Crippen molar-refractivity contribution in [2.45, 2.75) is 32.2 Å². The third-order valence-electron chi connectivity index (χ3n) is 5.05. The van der Waals surface area contributed by atoms with E-state index in [0.29, 0.717) is 28.0 Å². The van der Waals surface area contributed by atoms with Gasteiger partial charge in [0.2, 0.25) is 5.91 Å². The molecule has 1 fully saturated rings. The molecule has 27 heavy (non-hydrogen) atoms. The Hall–Kier alpha value is -2.11. The van der Waals surface area contributed by atoms with Gasteiger partial charge in [0.1, 0.15) is 11.3 Å².